The molecule has 0 spiro atoms. The summed E-state index contributed by atoms with van der Waals surface area (Å²) in [5.74, 6) is 1.42. The van der Waals surface area contributed by atoms with E-state index >= 15 is 0 Å². The third-order valence-electron chi connectivity index (χ3n) is 4.44. The molecule has 0 aliphatic carbocycles. The fourth-order valence-corrected chi connectivity index (χ4v) is 3.16. The van der Waals surface area contributed by atoms with Gasteiger partial charge in [-0.3, -0.25) is 0 Å². The van der Waals surface area contributed by atoms with Crippen molar-refractivity contribution in [1.29, 1.82) is 0 Å². The van der Waals surface area contributed by atoms with Gasteiger partial charge >= 0.3 is 0 Å². The van der Waals surface area contributed by atoms with Crippen LogP contribution in [0, 0.1) is 5.82 Å². The average Bonchev–Trinajstić information content (AvgIpc) is 2.74. The molecule has 29 heavy (non-hydrogen) atoms. The van der Waals surface area contributed by atoms with E-state index in [1.54, 1.807) is 32.4 Å². The van der Waals surface area contributed by atoms with E-state index in [0.717, 1.165) is 16.9 Å². The number of benzene rings is 3. The normalized spacial score (nSPS) is 10.6. The number of halogens is 2. The zero-order chi connectivity index (χ0) is 20.6. The summed E-state index contributed by atoms with van der Waals surface area (Å²) in [7, 11) is 3.20. The van der Waals surface area contributed by atoms with E-state index in [4.69, 9.17) is 25.8 Å². The molecule has 1 N–H and O–H groups in total. The molecule has 0 heterocycles. The minimum atomic E-state index is -0.318. The molecular formula is C23H23ClFNO3. The second kappa shape index (κ2) is 10.1. The van der Waals surface area contributed by atoms with E-state index in [-0.39, 0.29) is 12.4 Å². The van der Waals surface area contributed by atoms with E-state index < -0.39 is 0 Å². The molecule has 0 aliphatic rings. The van der Waals surface area contributed by atoms with Crippen molar-refractivity contribution in [3.63, 3.8) is 0 Å². The smallest absolute Gasteiger partial charge is 0.180 e. The highest BCUT2D eigenvalue weighted by Gasteiger charge is 2.13. The Bertz CT molecular complexity index is 947. The van der Waals surface area contributed by atoms with Crippen molar-refractivity contribution < 1.29 is 18.6 Å². The zero-order valence-corrected chi connectivity index (χ0v) is 17.1. The van der Waals surface area contributed by atoms with Gasteiger partial charge in [-0.25, -0.2) is 4.39 Å². The van der Waals surface area contributed by atoms with Crippen LogP contribution in [-0.4, -0.2) is 14.2 Å². The van der Waals surface area contributed by atoms with E-state index in [1.165, 1.54) is 6.07 Å². The van der Waals surface area contributed by atoms with Crippen LogP contribution in [0.5, 0.6) is 17.2 Å². The Kier molecular flexibility index (Phi) is 7.33. The van der Waals surface area contributed by atoms with Crippen molar-refractivity contribution in [2.45, 2.75) is 19.7 Å². The molecule has 0 radical (unpaired) electrons. The summed E-state index contributed by atoms with van der Waals surface area (Å²) in [4.78, 5) is 0. The fourth-order valence-electron chi connectivity index (χ4n) is 2.88. The van der Waals surface area contributed by atoms with Gasteiger partial charge in [0, 0.05) is 18.7 Å². The van der Waals surface area contributed by atoms with E-state index in [2.05, 4.69) is 5.32 Å². The largest absolute Gasteiger partial charge is 0.497 e. The second-order valence-corrected chi connectivity index (χ2v) is 6.85. The lowest BCUT2D eigenvalue weighted by Gasteiger charge is -2.15. The van der Waals surface area contributed by atoms with Crippen molar-refractivity contribution in [2.75, 3.05) is 14.2 Å². The average molecular weight is 416 g/mol. The first kappa shape index (κ1) is 21.0. The predicted molar refractivity (Wildman–Crippen MR) is 112 cm³/mol. The number of rotatable bonds is 9. The van der Waals surface area contributed by atoms with E-state index in [9.17, 15) is 4.39 Å². The monoisotopic (exact) mass is 415 g/mol. The lowest BCUT2D eigenvalue weighted by atomic mass is 10.1. The quantitative estimate of drug-likeness (QED) is 0.510. The minimum Gasteiger partial charge on any atom is -0.497 e. The first-order valence-electron chi connectivity index (χ1n) is 9.17. The Balaban J connectivity index is 1.63. The number of hydrogen-bond acceptors (Lipinski definition) is 4. The Morgan fingerprint density at radius 2 is 1.62 bits per heavy atom. The molecule has 152 valence electrons. The van der Waals surface area contributed by atoms with Gasteiger partial charge in [-0.15, -0.1) is 0 Å². The van der Waals surface area contributed by atoms with Crippen LogP contribution in [0.1, 0.15) is 16.7 Å². The van der Waals surface area contributed by atoms with Crippen LogP contribution < -0.4 is 19.5 Å². The third kappa shape index (κ3) is 5.62. The maximum atomic E-state index is 13.8. The van der Waals surface area contributed by atoms with E-state index in [0.29, 0.717) is 35.2 Å². The van der Waals surface area contributed by atoms with Crippen molar-refractivity contribution in [1.82, 2.24) is 5.32 Å². The Hall–Kier alpha value is -2.76. The molecule has 0 saturated carbocycles. The van der Waals surface area contributed by atoms with Crippen LogP contribution >= 0.6 is 11.6 Å². The maximum absolute atomic E-state index is 13.8. The fraction of sp³-hybridized carbons (Fsp3) is 0.217. The first-order valence-corrected chi connectivity index (χ1v) is 9.54. The van der Waals surface area contributed by atoms with Crippen LogP contribution in [0.2, 0.25) is 5.02 Å². The van der Waals surface area contributed by atoms with Gasteiger partial charge in [0.1, 0.15) is 18.2 Å². The SMILES string of the molecule is COc1ccc(CNCc2cc(Cl)c(OCc3ccccc3F)c(OC)c2)cc1. The van der Waals surface area contributed by atoms with Gasteiger partial charge < -0.3 is 19.5 Å². The molecular weight excluding hydrogens is 393 g/mol. The van der Waals surface area contributed by atoms with Gasteiger partial charge in [-0.2, -0.15) is 0 Å². The summed E-state index contributed by atoms with van der Waals surface area (Å²) in [5, 5.41) is 3.79. The second-order valence-electron chi connectivity index (χ2n) is 6.44. The van der Waals surface area contributed by atoms with Crippen molar-refractivity contribution in [3.05, 3.63) is 88.2 Å². The molecule has 4 nitrogen and oxygen atoms in total. The summed E-state index contributed by atoms with van der Waals surface area (Å²) in [6, 6.07) is 18.0. The summed E-state index contributed by atoms with van der Waals surface area (Å²) in [6.45, 7) is 1.38. The maximum Gasteiger partial charge on any atom is 0.180 e. The minimum absolute atomic E-state index is 0.0673. The Morgan fingerprint density at radius 3 is 2.31 bits per heavy atom. The van der Waals surface area contributed by atoms with Gasteiger partial charge in [0.25, 0.3) is 0 Å². The highest BCUT2D eigenvalue weighted by atomic mass is 35.5. The molecule has 0 unspecified atom stereocenters. The number of ether oxygens (including phenoxy) is 3. The summed E-state index contributed by atoms with van der Waals surface area (Å²) in [6.07, 6.45) is 0. The van der Waals surface area contributed by atoms with Gasteiger partial charge in [0.15, 0.2) is 11.5 Å². The van der Waals surface area contributed by atoms with Crippen LogP contribution in [-0.2, 0) is 19.7 Å². The number of methoxy groups -OCH3 is 2. The summed E-state index contributed by atoms with van der Waals surface area (Å²) in [5.41, 5.74) is 2.56. The summed E-state index contributed by atoms with van der Waals surface area (Å²) >= 11 is 6.41. The van der Waals surface area contributed by atoms with E-state index in [1.807, 2.05) is 36.4 Å². The van der Waals surface area contributed by atoms with Gasteiger partial charge in [0.2, 0.25) is 0 Å². The highest BCUT2D eigenvalue weighted by Crippen LogP contribution is 2.37. The van der Waals surface area contributed by atoms with Gasteiger partial charge in [-0.1, -0.05) is 41.9 Å². The molecule has 0 aromatic heterocycles. The standard InChI is InChI=1S/C23H23ClFNO3/c1-27-19-9-7-16(8-10-19)13-26-14-17-11-20(24)23(22(12-17)28-2)29-15-18-5-3-4-6-21(18)25/h3-12,26H,13-15H2,1-2H3. The topological polar surface area (TPSA) is 39.7 Å². The van der Waals surface area contributed by atoms with Gasteiger partial charge in [-0.05, 0) is 41.5 Å². The highest BCUT2D eigenvalue weighted by molar-refractivity contribution is 6.32. The zero-order valence-electron chi connectivity index (χ0n) is 16.4. The van der Waals surface area contributed by atoms with Crippen LogP contribution in [0.3, 0.4) is 0 Å². The van der Waals surface area contributed by atoms with Crippen LogP contribution in [0.15, 0.2) is 60.7 Å². The summed E-state index contributed by atoms with van der Waals surface area (Å²) < 4.78 is 30.1. The molecule has 3 rings (SSSR count). The number of nitrogens with one attached hydrogen (secondary N) is 1. The van der Waals surface area contributed by atoms with Crippen LogP contribution in [0.25, 0.3) is 0 Å². The molecule has 0 amide bonds. The molecule has 0 atom stereocenters. The lowest BCUT2D eigenvalue weighted by molar-refractivity contribution is 0.279. The van der Waals surface area contributed by atoms with Crippen LogP contribution in [0.4, 0.5) is 4.39 Å². The molecule has 0 saturated heterocycles. The third-order valence-corrected chi connectivity index (χ3v) is 4.72. The Labute approximate surface area is 175 Å². The lowest BCUT2D eigenvalue weighted by Crippen LogP contribution is -2.13. The number of hydrogen-bond donors (Lipinski definition) is 1. The molecule has 0 bridgehead atoms. The molecule has 6 heteroatoms. The van der Waals surface area contributed by atoms with Crippen molar-refractivity contribution in [2.24, 2.45) is 0 Å². The molecule has 0 aliphatic heterocycles. The molecule has 3 aromatic carbocycles. The van der Waals surface area contributed by atoms with Crippen molar-refractivity contribution in [3.8, 4) is 17.2 Å². The Morgan fingerprint density at radius 1 is 0.897 bits per heavy atom. The van der Waals surface area contributed by atoms with Gasteiger partial charge in [0.05, 0.1) is 19.2 Å². The van der Waals surface area contributed by atoms with Crippen molar-refractivity contribution >= 4 is 11.6 Å². The first-order chi connectivity index (χ1) is 14.1. The molecule has 0 fully saturated rings. The molecule has 3 aromatic rings. The predicted octanol–water partition coefficient (Wildman–Crippen LogP) is 5.37.